The summed E-state index contributed by atoms with van der Waals surface area (Å²) < 4.78 is 10.9. The number of primary amides is 1. The highest BCUT2D eigenvalue weighted by molar-refractivity contribution is 5.98. The van der Waals surface area contributed by atoms with E-state index < -0.39 is 5.91 Å². The lowest BCUT2D eigenvalue weighted by atomic mass is 9.91. The lowest BCUT2D eigenvalue weighted by Crippen LogP contribution is -2.29. The third kappa shape index (κ3) is 5.05. The van der Waals surface area contributed by atoms with E-state index in [1.165, 1.54) is 11.8 Å². The minimum Gasteiger partial charge on any atom is -0.381 e. The number of rotatable bonds is 6. The number of nitrogens with two attached hydrogens (primary N) is 1. The Labute approximate surface area is 171 Å². The number of amides is 1. The monoisotopic (exact) mass is 396 g/mol. The van der Waals surface area contributed by atoms with Crippen molar-refractivity contribution in [2.45, 2.75) is 37.6 Å². The van der Waals surface area contributed by atoms with Crippen LogP contribution in [0.1, 0.15) is 47.5 Å². The third-order valence-corrected chi connectivity index (χ3v) is 5.60. The van der Waals surface area contributed by atoms with Crippen LogP contribution in [0.4, 0.5) is 17.2 Å². The molecule has 0 bridgehead atoms. The Balaban J connectivity index is 1.52. The van der Waals surface area contributed by atoms with Gasteiger partial charge in [-0.25, -0.2) is 4.98 Å². The maximum Gasteiger partial charge on any atom is 0.252 e. The van der Waals surface area contributed by atoms with Gasteiger partial charge in [-0.05, 0) is 49.3 Å². The van der Waals surface area contributed by atoms with Gasteiger partial charge < -0.3 is 25.8 Å². The molecule has 0 atom stereocenters. The van der Waals surface area contributed by atoms with Crippen LogP contribution in [0.2, 0.25) is 0 Å². The van der Waals surface area contributed by atoms with Crippen LogP contribution in [-0.2, 0) is 9.47 Å². The van der Waals surface area contributed by atoms with Gasteiger partial charge in [0, 0.05) is 50.4 Å². The number of benzene rings is 1. The lowest BCUT2D eigenvalue weighted by Gasteiger charge is -2.25. The number of pyridine rings is 1. The molecule has 2 aliphatic heterocycles. The molecule has 0 aliphatic carbocycles. The quantitative estimate of drug-likeness (QED) is 0.692. The Morgan fingerprint density at radius 3 is 2.48 bits per heavy atom. The maximum absolute atomic E-state index is 11.8. The average molecular weight is 396 g/mol. The Morgan fingerprint density at radius 1 is 1.03 bits per heavy atom. The zero-order valence-corrected chi connectivity index (χ0v) is 16.5. The van der Waals surface area contributed by atoms with E-state index in [-0.39, 0.29) is 6.04 Å². The van der Waals surface area contributed by atoms with Gasteiger partial charge in [0.2, 0.25) is 0 Å². The summed E-state index contributed by atoms with van der Waals surface area (Å²) in [5, 5.41) is 6.81. The highest BCUT2D eigenvalue weighted by Gasteiger charge is 2.18. The normalized spacial score (nSPS) is 18.3. The Hall–Kier alpha value is -2.64. The molecule has 154 valence electrons. The second-order valence-corrected chi connectivity index (χ2v) is 7.65. The summed E-state index contributed by atoms with van der Waals surface area (Å²) in [6.45, 7) is 3.08. The van der Waals surface area contributed by atoms with Crippen molar-refractivity contribution in [1.82, 2.24) is 4.98 Å². The van der Waals surface area contributed by atoms with Gasteiger partial charge >= 0.3 is 0 Å². The zero-order chi connectivity index (χ0) is 20.1. The molecule has 4 N–H and O–H groups in total. The second kappa shape index (κ2) is 9.24. The summed E-state index contributed by atoms with van der Waals surface area (Å²) in [5.41, 5.74) is 8.95. The van der Waals surface area contributed by atoms with Crippen molar-refractivity contribution in [3.05, 3.63) is 47.7 Å². The fourth-order valence-electron chi connectivity index (χ4n) is 3.95. The van der Waals surface area contributed by atoms with Crippen molar-refractivity contribution in [2.75, 3.05) is 37.1 Å². The highest BCUT2D eigenvalue weighted by Crippen LogP contribution is 2.30. The topological polar surface area (TPSA) is 98.5 Å². The van der Waals surface area contributed by atoms with E-state index in [0.717, 1.165) is 57.8 Å². The van der Waals surface area contributed by atoms with Crippen LogP contribution in [-0.4, -0.2) is 43.4 Å². The molecule has 29 heavy (non-hydrogen) atoms. The lowest BCUT2D eigenvalue weighted by molar-refractivity contribution is 0.0853. The molecule has 7 heteroatoms. The highest BCUT2D eigenvalue weighted by atomic mass is 16.5. The average Bonchev–Trinajstić information content (AvgIpc) is 2.75. The second-order valence-electron chi connectivity index (χ2n) is 7.65. The third-order valence-electron chi connectivity index (χ3n) is 5.60. The summed E-state index contributed by atoms with van der Waals surface area (Å²) in [6, 6.07) is 10.5. The van der Waals surface area contributed by atoms with Gasteiger partial charge in [0.25, 0.3) is 5.91 Å². The van der Waals surface area contributed by atoms with Crippen LogP contribution >= 0.6 is 0 Å². The van der Waals surface area contributed by atoms with Crippen molar-refractivity contribution in [1.29, 1.82) is 0 Å². The van der Waals surface area contributed by atoms with Gasteiger partial charge in [-0.15, -0.1) is 0 Å². The van der Waals surface area contributed by atoms with Crippen molar-refractivity contribution in [3.8, 4) is 0 Å². The number of hydrogen-bond acceptors (Lipinski definition) is 6. The standard InChI is InChI=1S/C22H28N4O3/c23-22(27)19-14-24-21(13-20(19)25-17-6-10-29-11-7-17)26-18-3-1-2-16(12-18)15-4-8-28-9-5-15/h1-3,12-15,17H,4-11H2,(H2,23,27)(H2,24,25,26). The summed E-state index contributed by atoms with van der Waals surface area (Å²) >= 11 is 0. The number of ether oxygens (including phenoxy) is 2. The summed E-state index contributed by atoms with van der Waals surface area (Å²) in [4.78, 5) is 16.2. The Bertz CT molecular complexity index is 846. The van der Waals surface area contributed by atoms with Crippen molar-refractivity contribution in [3.63, 3.8) is 0 Å². The number of aromatic nitrogens is 1. The SMILES string of the molecule is NC(=O)c1cnc(Nc2cccc(C3CCOCC3)c2)cc1NC1CCOCC1. The van der Waals surface area contributed by atoms with E-state index >= 15 is 0 Å². The Morgan fingerprint density at radius 2 is 1.76 bits per heavy atom. The van der Waals surface area contributed by atoms with Crippen molar-refractivity contribution >= 4 is 23.1 Å². The van der Waals surface area contributed by atoms with E-state index in [1.54, 1.807) is 0 Å². The predicted octanol–water partition coefficient (Wildman–Crippen LogP) is 3.41. The molecule has 4 rings (SSSR count). The molecule has 1 aromatic carbocycles. The fourth-order valence-corrected chi connectivity index (χ4v) is 3.95. The van der Waals surface area contributed by atoms with E-state index in [1.807, 2.05) is 12.1 Å². The largest absolute Gasteiger partial charge is 0.381 e. The van der Waals surface area contributed by atoms with E-state index in [4.69, 9.17) is 15.2 Å². The van der Waals surface area contributed by atoms with Crippen LogP contribution in [0.25, 0.3) is 0 Å². The number of anilines is 3. The first-order chi connectivity index (χ1) is 14.2. The number of carbonyl (C=O) groups is 1. The van der Waals surface area contributed by atoms with Crippen LogP contribution in [0.5, 0.6) is 0 Å². The van der Waals surface area contributed by atoms with Crippen LogP contribution in [0.3, 0.4) is 0 Å². The molecule has 2 aromatic rings. The number of nitrogens with zero attached hydrogens (tertiary/aromatic N) is 1. The van der Waals surface area contributed by atoms with Crippen molar-refractivity contribution in [2.24, 2.45) is 5.73 Å². The first-order valence-corrected chi connectivity index (χ1v) is 10.3. The molecule has 2 saturated heterocycles. The van der Waals surface area contributed by atoms with Crippen LogP contribution in [0.15, 0.2) is 36.5 Å². The number of nitrogens with one attached hydrogen (secondary N) is 2. The first kappa shape index (κ1) is 19.7. The van der Waals surface area contributed by atoms with Gasteiger partial charge in [-0.1, -0.05) is 12.1 Å². The molecule has 0 radical (unpaired) electrons. The summed E-state index contributed by atoms with van der Waals surface area (Å²) in [6.07, 6.45) is 5.43. The number of carbonyl (C=O) groups excluding carboxylic acids is 1. The van der Waals surface area contributed by atoms with E-state index in [0.29, 0.717) is 23.0 Å². The van der Waals surface area contributed by atoms with Gasteiger partial charge in [0.15, 0.2) is 0 Å². The van der Waals surface area contributed by atoms with Crippen LogP contribution in [0, 0.1) is 0 Å². The zero-order valence-electron chi connectivity index (χ0n) is 16.5. The molecule has 7 nitrogen and oxygen atoms in total. The molecule has 2 fully saturated rings. The molecule has 3 heterocycles. The Kier molecular flexibility index (Phi) is 6.27. The van der Waals surface area contributed by atoms with E-state index in [9.17, 15) is 4.79 Å². The minimum absolute atomic E-state index is 0.258. The maximum atomic E-state index is 11.8. The fraction of sp³-hybridized carbons (Fsp3) is 0.455. The number of hydrogen-bond donors (Lipinski definition) is 3. The summed E-state index contributed by atoms with van der Waals surface area (Å²) in [7, 11) is 0. The first-order valence-electron chi connectivity index (χ1n) is 10.3. The van der Waals surface area contributed by atoms with E-state index in [2.05, 4.69) is 33.8 Å². The van der Waals surface area contributed by atoms with Gasteiger partial charge in [0.1, 0.15) is 5.82 Å². The molecule has 0 saturated carbocycles. The molecule has 0 spiro atoms. The van der Waals surface area contributed by atoms with Crippen LogP contribution < -0.4 is 16.4 Å². The van der Waals surface area contributed by atoms with Gasteiger partial charge in [-0.2, -0.15) is 0 Å². The summed E-state index contributed by atoms with van der Waals surface area (Å²) in [5.74, 6) is 0.718. The molecule has 2 aliphatic rings. The van der Waals surface area contributed by atoms with Gasteiger partial charge in [-0.3, -0.25) is 4.79 Å². The predicted molar refractivity (Wildman–Crippen MR) is 113 cm³/mol. The van der Waals surface area contributed by atoms with Gasteiger partial charge in [0.05, 0.1) is 11.3 Å². The molecule has 1 amide bonds. The molecule has 0 unspecified atom stereocenters. The molecular formula is C22H28N4O3. The minimum atomic E-state index is -0.486. The molecular weight excluding hydrogens is 368 g/mol. The van der Waals surface area contributed by atoms with Crippen molar-refractivity contribution < 1.29 is 14.3 Å². The molecule has 1 aromatic heterocycles. The smallest absolute Gasteiger partial charge is 0.252 e.